The molecule has 0 aromatic heterocycles. The lowest BCUT2D eigenvalue weighted by molar-refractivity contribution is 0.0340. The van der Waals surface area contributed by atoms with E-state index in [-0.39, 0.29) is 30.0 Å². The Balaban J connectivity index is 1.36. The van der Waals surface area contributed by atoms with Crippen LogP contribution in [0.1, 0.15) is 78.2 Å². The summed E-state index contributed by atoms with van der Waals surface area (Å²) in [6.45, 7) is 11.4. The maximum atomic E-state index is 13.8. The lowest BCUT2D eigenvalue weighted by atomic mass is 9.79. The fourth-order valence-electron chi connectivity index (χ4n) is 6.51. The van der Waals surface area contributed by atoms with E-state index in [0.29, 0.717) is 36.7 Å². The number of nitriles is 1. The first kappa shape index (κ1) is 32.2. The highest BCUT2D eigenvalue weighted by Crippen LogP contribution is 2.42. The van der Waals surface area contributed by atoms with E-state index in [1.54, 1.807) is 19.2 Å². The Morgan fingerprint density at radius 3 is 2.47 bits per heavy atom. The number of fused-ring (bicyclic) bond motifs is 3. The van der Waals surface area contributed by atoms with E-state index in [1.165, 1.54) is 5.56 Å². The van der Waals surface area contributed by atoms with Gasteiger partial charge in [0.15, 0.2) is 11.5 Å². The van der Waals surface area contributed by atoms with E-state index in [1.807, 2.05) is 69.0 Å². The van der Waals surface area contributed by atoms with Crippen LogP contribution < -0.4 is 9.47 Å². The third kappa shape index (κ3) is 7.06. The molecule has 0 unspecified atom stereocenters. The molecule has 2 aliphatic heterocycles. The molecule has 8 nitrogen and oxygen atoms in total. The van der Waals surface area contributed by atoms with Crippen molar-refractivity contribution in [1.82, 2.24) is 9.80 Å². The molecule has 1 saturated heterocycles. The molecule has 0 spiro atoms. The van der Waals surface area contributed by atoms with Gasteiger partial charge in [-0.05, 0) is 95.2 Å². The number of hydrogen-bond donors (Lipinski definition) is 0. The molecule has 45 heavy (non-hydrogen) atoms. The Bertz CT molecular complexity index is 1560. The number of amides is 1. The number of aliphatic imine (C=N–C) groups is 1. The molecule has 2 aliphatic rings. The summed E-state index contributed by atoms with van der Waals surface area (Å²) >= 11 is 0. The van der Waals surface area contributed by atoms with Crippen LogP contribution in [0.2, 0.25) is 0 Å². The Kier molecular flexibility index (Phi) is 10.2. The van der Waals surface area contributed by atoms with Crippen molar-refractivity contribution >= 4 is 11.6 Å². The molecule has 1 fully saturated rings. The molecule has 2 heterocycles. The monoisotopic (exact) mass is 608 g/mol. The van der Waals surface area contributed by atoms with Crippen LogP contribution in [0.25, 0.3) is 0 Å². The predicted molar refractivity (Wildman–Crippen MR) is 176 cm³/mol. The van der Waals surface area contributed by atoms with Crippen molar-refractivity contribution in [2.75, 3.05) is 40.5 Å². The molecule has 0 bridgehead atoms. The van der Waals surface area contributed by atoms with Gasteiger partial charge in [-0.15, -0.1) is 0 Å². The van der Waals surface area contributed by atoms with Crippen molar-refractivity contribution in [1.29, 1.82) is 5.26 Å². The van der Waals surface area contributed by atoms with E-state index in [0.717, 1.165) is 47.7 Å². The molecule has 0 saturated carbocycles. The molecule has 3 aromatic carbocycles. The summed E-state index contributed by atoms with van der Waals surface area (Å²) in [6, 6.07) is 21.6. The number of ether oxygens (including phenoxy) is 3. The van der Waals surface area contributed by atoms with Crippen LogP contribution in [0.5, 0.6) is 11.5 Å². The van der Waals surface area contributed by atoms with E-state index in [2.05, 4.69) is 30.1 Å². The number of rotatable bonds is 11. The highest BCUT2D eigenvalue weighted by atomic mass is 16.5. The maximum Gasteiger partial charge on any atom is 0.254 e. The van der Waals surface area contributed by atoms with Gasteiger partial charge in [0, 0.05) is 35.2 Å². The van der Waals surface area contributed by atoms with Crippen LogP contribution >= 0.6 is 0 Å². The fourth-order valence-corrected chi connectivity index (χ4v) is 6.51. The molecule has 5 rings (SSSR count). The number of benzene rings is 3. The standard InChI is InChI=1S/C37H44N4O4/c1-7-45-35-18-30-31(19-34(35)43-6)36(39-33-16-17-40(5)21-32(30)33)28-12-14-29(15-13-28)37(42)41(24(2)3)25(4)22-44-23-27-10-8-26(20-38)9-11-27/h8-15,18-19,24-25,32-33H,7,16-17,21-23H2,1-6H3/t25-,32+,33+/m0/s1. The molecule has 1 amide bonds. The number of methoxy groups -OCH3 is 1. The van der Waals surface area contributed by atoms with Gasteiger partial charge in [0.05, 0.1) is 56.4 Å². The summed E-state index contributed by atoms with van der Waals surface area (Å²) in [5, 5.41) is 9.02. The molecular formula is C37H44N4O4. The van der Waals surface area contributed by atoms with Gasteiger partial charge in [-0.2, -0.15) is 5.26 Å². The molecule has 8 heteroatoms. The average molecular weight is 609 g/mol. The molecule has 3 atom stereocenters. The van der Waals surface area contributed by atoms with Crippen LogP contribution in [0, 0.1) is 11.3 Å². The smallest absolute Gasteiger partial charge is 0.254 e. The van der Waals surface area contributed by atoms with Crippen LogP contribution in [0.3, 0.4) is 0 Å². The second-order valence-corrected chi connectivity index (χ2v) is 12.3. The summed E-state index contributed by atoms with van der Waals surface area (Å²) in [5.41, 5.74) is 6.45. The molecular weight excluding hydrogens is 564 g/mol. The quantitative estimate of drug-likeness (QED) is 0.263. The van der Waals surface area contributed by atoms with Crippen molar-refractivity contribution < 1.29 is 19.0 Å². The number of hydrogen-bond acceptors (Lipinski definition) is 7. The summed E-state index contributed by atoms with van der Waals surface area (Å²) in [4.78, 5) is 23.3. The van der Waals surface area contributed by atoms with Crippen LogP contribution in [0.15, 0.2) is 65.7 Å². The third-order valence-electron chi connectivity index (χ3n) is 8.75. The minimum absolute atomic E-state index is 0.00588. The number of carbonyl (C=O) groups excluding carboxylic acids is 1. The second-order valence-electron chi connectivity index (χ2n) is 12.3. The summed E-state index contributed by atoms with van der Waals surface area (Å²) in [5.74, 6) is 1.71. The first-order valence-electron chi connectivity index (χ1n) is 15.8. The van der Waals surface area contributed by atoms with Crippen molar-refractivity contribution in [3.63, 3.8) is 0 Å². The van der Waals surface area contributed by atoms with Gasteiger partial charge in [0.2, 0.25) is 0 Å². The SMILES string of the molecule is CCOc1cc2c(cc1OC)C(c1ccc(C(=O)N(C(C)C)[C@@H](C)COCc3ccc(C#N)cc3)cc1)=N[C@@H]1CCN(C)C[C@H]21. The lowest BCUT2D eigenvalue weighted by Gasteiger charge is -2.39. The van der Waals surface area contributed by atoms with Crippen molar-refractivity contribution in [3.8, 4) is 17.6 Å². The Morgan fingerprint density at radius 1 is 1.09 bits per heavy atom. The van der Waals surface area contributed by atoms with E-state index in [4.69, 9.17) is 24.5 Å². The zero-order valence-electron chi connectivity index (χ0n) is 27.2. The minimum atomic E-state index is -0.126. The normalized spacial score (nSPS) is 18.3. The number of likely N-dealkylation sites (tertiary alicyclic amines) is 1. The topological polar surface area (TPSA) is 87.4 Å². The Hall–Kier alpha value is -4.19. The molecule has 3 aromatic rings. The van der Waals surface area contributed by atoms with E-state index < -0.39 is 0 Å². The number of nitrogens with zero attached hydrogens (tertiary/aromatic N) is 4. The predicted octanol–water partition coefficient (Wildman–Crippen LogP) is 6.06. The minimum Gasteiger partial charge on any atom is -0.493 e. The number of likely N-dealkylation sites (N-methyl/N-ethyl adjacent to an activating group) is 1. The molecule has 236 valence electrons. The van der Waals surface area contributed by atoms with E-state index in [9.17, 15) is 4.79 Å². The zero-order chi connectivity index (χ0) is 32.1. The third-order valence-corrected chi connectivity index (χ3v) is 8.75. The van der Waals surface area contributed by atoms with E-state index >= 15 is 0 Å². The highest BCUT2D eigenvalue weighted by molar-refractivity contribution is 6.15. The zero-order valence-corrected chi connectivity index (χ0v) is 27.2. The number of carbonyl (C=O) groups is 1. The van der Waals surface area contributed by atoms with Gasteiger partial charge in [-0.25, -0.2) is 0 Å². The molecule has 0 N–H and O–H groups in total. The summed E-state index contributed by atoms with van der Waals surface area (Å²) in [7, 11) is 3.84. The van der Waals surface area contributed by atoms with Crippen molar-refractivity contribution in [2.24, 2.45) is 4.99 Å². The largest absolute Gasteiger partial charge is 0.493 e. The van der Waals surface area contributed by atoms with Gasteiger partial charge in [0.1, 0.15) is 0 Å². The maximum absolute atomic E-state index is 13.8. The summed E-state index contributed by atoms with van der Waals surface area (Å²) in [6.07, 6.45) is 0.991. The van der Waals surface area contributed by atoms with Crippen LogP contribution in [-0.2, 0) is 11.3 Å². The second kappa shape index (κ2) is 14.3. The lowest BCUT2D eigenvalue weighted by Crippen LogP contribution is -2.45. The van der Waals surface area contributed by atoms with Gasteiger partial charge in [-0.3, -0.25) is 9.79 Å². The van der Waals surface area contributed by atoms with Gasteiger partial charge in [-0.1, -0.05) is 24.3 Å². The Morgan fingerprint density at radius 2 is 1.82 bits per heavy atom. The average Bonchev–Trinajstić information content (AvgIpc) is 3.04. The van der Waals surface area contributed by atoms with Crippen LogP contribution in [-0.4, -0.2) is 80.0 Å². The van der Waals surface area contributed by atoms with Gasteiger partial charge >= 0.3 is 0 Å². The van der Waals surface area contributed by atoms with Gasteiger partial charge < -0.3 is 24.0 Å². The molecule has 0 radical (unpaired) electrons. The summed E-state index contributed by atoms with van der Waals surface area (Å²) < 4.78 is 17.7. The highest BCUT2D eigenvalue weighted by Gasteiger charge is 2.36. The van der Waals surface area contributed by atoms with Gasteiger partial charge in [0.25, 0.3) is 5.91 Å². The first-order chi connectivity index (χ1) is 21.7. The molecule has 0 aliphatic carbocycles. The first-order valence-corrected chi connectivity index (χ1v) is 15.8. The number of piperidine rings is 1. The van der Waals surface area contributed by atoms with Crippen LogP contribution in [0.4, 0.5) is 0 Å². The Labute approximate surface area is 267 Å². The van der Waals surface area contributed by atoms with Crippen molar-refractivity contribution in [2.45, 2.75) is 64.8 Å². The van der Waals surface area contributed by atoms with Crippen molar-refractivity contribution in [3.05, 3.63) is 94.0 Å². The fraction of sp³-hybridized carbons (Fsp3) is 0.432.